The van der Waals surface area contributed by atoms with E-state index in [9.17, 15) is 9.59 Å². The molecule has 1 aliphatic heterocycles. The van der Waals surface area contributed by atoms with Crippen molar-refractivity contribution in [1.29, 1.82) is 0 Å². The zero-order chi connectivity index (χ0) is 20.3. The third kappa shape index (κ3) is 4.00. The summed E-state index contributed by atoms with van der Waals surface area (Å²) in [5.41, 5.74) is 0.272. The number of amides is 1. The third-order valence-corrected chi connectivity index (χ3v) is 6.58. The number of halogens is 1. The van der Waals surface area contributed by atoms with E-state index < -0.39 is 11.5 Å². The van der Waals surface area contributed by atoms with Gasteiger partial charge in [0.15, 0.2) is 17.3 Å². The average Bonchev–Trinajstić information content (AvgIpc) is 3.35. The number of Topliss-reactive ketones (excluding diaryl/α,β-unsaturated/α-hetero) is 1. The molecule has 1 heterocycles. The van der Waals surface area contributed by atoms with Gasteiger partial charge in [-0.1, -0.05) is 28.9 Å². The normalized spacial score (nSPS) is 25.0. The molecule has 1 aliphatic carbocycles. The van der Waals surface area contributed by atoms with Crippen molar-refractivity contribution in [2.75, 3.05) is 32.6 Å². The van der Waals surface area contributed by atoms with Gasteiger partial charge in [0.1, 0.15) is 0 Å². The summed E-state index contributed by atoms with van der Waals surface area (Å²) in [6, 6.07) is 5.83. The van der Waals surface area contributed by atoms with Crippen LogP contribution in [0.1, 0.15) is 44.1 Å². The first-order chi connectivity index (χ1) is 13.4. The molecular weight excluding hydrogens is 426 g/mol. The van der Waals surface area contributed by atoms with E-state index in [0.717, 1.165) is 18.4 Å². The number of benzene rings is 1. The summed E-state index contributed by atoms with van der Waals surface area (Å²) in [5, 5.41) is 0.247. The van der Waals surface area contributed by atoms with Crippen LogP contribution in [-0.4, -0.2) is 55.5 Å². The molecule has 0 N–H and O–H groups in total. The van der Waals surface area contributed by atoms with Crippen molar-refractivity contribution in [2.24, 2.45) is 5.41 Å². The zero-order valence-corrected chi connectivity index (χ0v) is 18.3. The first kappa shape index (κ1) is 21.0. The molecule has 1 amide bonds. The monoisotopic (exact) mass is 453 g/mol. The minimum Gasteiger partial charge on any atom is -0.493 e. The van der Waals surface area contributed by atoms with E-state index in [1.54, 1.807) is 12.0 Å². The Morgan fingerprint density at radius 3 is 2.54 bits per heavy atom. The van der Waals surface area contributed by atoms with Gasteiger partial charge in [-0.05, 0) is 43.4 Å². The van der Waals surface area contributed by atoms with Gasteiger partial charge < -0.3 is 19.1 Å². The van der Waals surface area contributed by atoms with Crippen LogP contribution in [0.25, 0.3) is 0 Å². The van der Waals surface area contributed by atoms with Crippen LogP contribution in [0.15, 0.2) is 18.2 Å². The number of ketones is 1. The van der Waals surface area contributed by atoms with Crippen LogP contribution < -0.4 is 9.47 Å². The van der Waals surface area contributed by atoms with E-state index in [1.165, 1.54) is 20.0 Å². The topological polar surface area (TPSA) is 65.1 Å². The molecule has 1 saturated heterocycles. The van der Waals surface area contributed by atoms with Crippen LogP contribution >= 0.6 is 15.9 Å². The summed E-state index contributed by atoms with van der Waals surface area (Å²) in [6.07, 6.45) is 4.25. The molecule has 0 radical (unpaired) electrons. The van der Waals surface area contributed by atoms with E-state index in [1.807, 2.05) is 25.1 Å². The number of carbonyl (C=O) groups is 2. The van der Waals surface area contributed by atoms with Gasteiger partial charge in [0.2, 0.25) is 0 Å². The second-order valence-electron chi connectivity index (χ2n) is 7.81. The third-order valence-electron chi connectivity index (χ3n) is 6.07. The predicted octanol–water partition coefficient (Wildman–Crippen LogP) is 4.15. The number of likely N-dealkylation sites (tertiary alicyclic amines) is 1. The molecule has 7 heteroatoms. The number of alkyl halides is 1. The van der Waals surface area contributed by atoms with E-state index in [2.05, 4.69) is 15.9 Å². The summed E-state index contributed by atoms with van der Waals surface area (Å²) in [5.74, 6) is 1.32. The van der Waals surface area contributed by atoms with Crippen molar-refractivity contribution in [3.05, 3.63) is 23.8 Å². The molecule has 1 aromatic carbocycles. The summed E-state index contributed by atoms with van der Waals surface area (Å²) in [7, 11) is 2.99. The Morgan fingerprint density at radius 2 is 1.93 bits per heavy atom. The minimum absolute atomic E-state index is 0.0676. The van der Waals surface area contributed by atoms with Crippen LogP contribution in [-0.2, 0) is 9.53 Å². The molecule has 154 valence electrons. The maximum Gasteiger partial charge on any atom is 0.409 e. The van der Waals surface area contributed by atoms with Crippen molar-refractivity contribution in [3.63, 3.8) is 0 Å². The van der Waals surface area contributed by atoms with Gasteiger partial charge in [0.05, 0.1) is 31.1 Å². The van der Waals surface area contributed by atoms with Crippen LogP contribution in [0.5, 0.6) is 11.5 Å². The highest BCUT2D eigenvalue weighted by Gasteiger charge is 2.50. The molecular formula is C21H28BrNO5. The number of nitrogens with zero attached hydrogens (tertiary/aromatic N) is 1. The number of hydrogen-bond acceptors (Lipinski definition) is 5. The fraction of sp³-hybridized carbons (Fsp3) is 0.619. The predicted molar refractivity (Wildman–Crippen MR) is 110 cm³/mol. The van der Waals surface area contributed by atoms with Crippen LogP contribution in [0.4, 0.5) is 4.79 Å². The SMILES string of the molecule is COC(=O)N1CC(c2ccc(OC)c(OC3CCCC3)c2)C(C)(C(=O)CBr)C1. The molecule has 2 atom stereocenters. The Kier molecular flexibility index (Phi) is 6.53. The maximum atomic E-state index is 12.8. The highest BCUT2D eigenvalue weighted by molar-refractivity contribution is 9.09. The highest BCUT2D eigenvalue weighted by atomic mass is 79.9. The van der Waals surface area contributed by atoms with Crippen molar-refractivity contribution < 1.29 is 23.8 Å². The lowest BCUT2D eigenvalue weighted by Crippen LogP contribution is -2.37. The Hall–Kier alpha value is -1.76. The average molecular weight is 454 g/mol. The van der Waals surface area contributed by atoms with Gasteiger partial charge in [-0.3, -0.25) is 4.79 Å². The lowest BCUT2D eigenvalue weighted by molar-refractivity contribution is -0.125. The molecule has 28 heavy (non-hydrogen) atoms. The van der Waals surface area contributed by atoms with Gasteiger partial charge in [-0.25, -0.2) is 4.79 Å². The summed E-state index contributed by atoms with van der Waals surface area (Å²) < 4.78 is 16.6. The summed E-state index contributed by atoms with van der Waals surface area (Å²) in [6.45, 7) is 2.68. The molecule has 2 unspecified atom stereocenters. The Labute approximate surface area is 174 Å². The quantitative estimate of drug-likeness (QED) is 0.605. The minimum atomic E-state index is -0.698. The smallest absolute Gasteiger partial charge is 0.409 e. The van der Waals surface area contributed by atoms with Crippen LogP contribution in [0.3, 0.4) is 0 Å². The highest BCUT2D eigenvalue weighted by Crippen LogP contribution is 2.46. The molecule has 3 rings (SSSR count). The van der Waals surface area contributed by atoms with Crippen molar-refractivity contribution in [1.82, 2.24) is 4.90 Å². The lowest BCUT2D eigenvalue weighted by atomic mass is 9.73. The van der Waals surface area contributed by atoms with Gasteiger partial charge in [-0.15, -0.1) is 0 Å². The number of carbonyl (C=O) groups excluding carboxylic acids is 2. The van der Waals surface area contributed by atoms with E-state index in [0.29, 0.717) is 24.6 Å². The largest absolute Gasteiger partial charge is 0.493 e. The molecule has 0 bridgehead atoms. The Balaban J connectivity index is 1.94. The molecule has 2 fully saturated rings. The zero-order valence-electron chi connectivity index (χ0n) is 16.7. The fourth-order valence-corrected chi connectivity index (χ4v) is 5.00. The fourth-order valence-electron chi connectivity index (χ4n) is 4.36. The van der Waals surface area contributed by atoms with Crippen molar-refractivity contribution in [3.8, 4) is 11.5 Å². The first-order valence-electron chi connectivity index (χ1n) is 9.69. The molecule has 1 aromatic rings. The Morgan fingerprint density at radius 1 is 1.21 bits per heavy atom. The number of rotatable bonds is 6. The lowest BCUT2D eigenvalue weighted by Gasteiger charge is -2.29. The number of hydrogen-bond donors (Lipinski definition) is 0. The van der Waals surface area contributed by atoms with E-state index in [4.69, 9.17) is 14.2 Å². The molecule has 1 saturated carbocycles. The second kappa shape index (κ2) is 8.72. The number of methoxy groups -OCH3 is 2. The van der Waals surface area contributed by atoms with Crippen LogP contribution in [0.2, 0.25) is 0 Å². The second-order valence-corrected chi connectivity index (χ2v) is 8.37. The van der Waals surface area contributed by atoms with Crippen molar-refractivity contribution in [2.45, 2.75) is 44.6 Å². The van der Waals surface area contributed by atoms with E-state index >= 15 is 0 Å². The first-order valence-corrected chi connectivity index (χ1v) is 10.8. The van der Waals surface area contributed by atoms with Gasteiger partial charge >= 0.3 is 6.09 Å². The standard InChI is InChI=1S/C21H28BrNO5/c1-21(19(24)11-22)13-23(20(25)27-3)12-16(21)14-8-9-17(26-2)18(10-14)28-15-6-4-5-7-15/h8-10,15-16H,4-7,11-13H2,1-3H3. The van der Waals surface area contributed by atoms with Gasteiger partial charge in [0, 0.05) is 19.0 Å². The maximum absolute atomic E-state index is 12.8. The van der Waals surface area contributed by atoms with Gasteiger partial charge in [0.25, 0.3) is 0 Å². The Bertz CT molecular complexity index is 734. The summed E-state index contributed by atoms with van der Waals surface area (Å²) >= 11 is 3.30. The molecule has 6 nitrogen and oxygen atoms in total. The van der Waals surface area contributed by atoms with Gasteiger partial charge in [-0.2, -0.15) is 0 Å². The number of ether oxygens (including phenoxy) is 3. The molecule has 0 spiro atoms. The van der Waals surface area contributed by atoms with Crippen LogP contribution in [0, 0.1) is 5.41 Å². The molecule has 2 aliphatic rings. The molecule has 0 aromatic heterocycles. The van der Waals surface area contributed by atoms with E-state index in [-0.39, 0.29) is 23.1 Å². The van der Waals surface area contributed by atoms with Crippen molar-refractivity contribution >= 4 is 27.8 Å². The summed E-state index contributed by atoms with van der Waals surface area (Å²) in [4.78, 5) is 26.5.